The van der Waals surface area contributed by atoms with E-state index in [0.717, 1.165) is 0 Å². The first-order valence-corrected chi connectivity index (χ1v) is 5.49. The number of rotatable bonds is 0. The third-order valence-corrected chi connectivity index (χ3v) is 2.27. The van der Waals surface area contributed by atoms with Gasteiger partial charge < -0.3 is 4.90 Å². The van der Waals surface area contributed by atoms with Crippen molar-refractivity contribution in [1.29, 1.82) is 0 Å². The van der Waals surface area contributed by atoms with Crippen LogP contribution in [0.4, 0.5) is 5.69 Å². The second kappa shape index (κ2) is 8.30. The Kier molecular flexibility index (Phi) is 8.36. The molecule has 1 heterocycles. The summed E-state index contributed by atoms with van der Waals surface area (Å²) < 4.78 is 0. The van der Waals surface area contributed by atoms with Crippen LogP contribution in [0, 0.1) is 6.07 Å². The Labute approximate surface area is 119 Å². The fourth-order valence-electron chi connectivity index (χ4n) is 1.66. The van der Waals surface area contributed by atoms with Crippen LogP contribution in [0.15, 0.2) is 18.2 Å². The maximum absolute atomic E-state index is 3.11. The Morgan fingerprint density at radius 2 is 2.07 bits per heavy atom. The van der Waals surface area contributed by atoms with Crippen molar-refractivity contribution in [3.05, 3.63) is 29.8 Å². The normalized spacial score (nSPS) is 13.1. The molecule has 1 aromatic rings. The molecule has 0 atom stereocenters. The third-order valence-electron chi connectivity index (χ3n) is 2.27. The summed E-state index contributed by atoms with van der Waals surface area (Å²) in [5, 5.41) is 0. The van der Waals surface area contributed by atoms with Crippen molar-refractivity contribution < 1.29 is 32.7 Å². The molecule has 2 rings (SSSR count). The maximum atomic E-state index is 3.11. The minimum Gasteiger partial charge on any atom is -0.396 e. The van der Waals surface area contributed by atoms with Gasteiger partial charge in [0.25, 0.3) is 0 Å². The molecule has 0 N–H and O–H groups in total. The molecule has 0 amide bonds. The molecule has 0 saturated heterocycles. The molecule has 2 heteroatoms. The van der Waals surface area contributed by atoms with Gasteiger partial charge in [-0.2, -0.15) is 18.2 Å². The average molecular weight is 279 g/mol. The topological polar surface area (TPSA) is 3.24 Å². The molecule has 0 saturated carbocycles. The van der Waals surface area contributed by atoms with Gasteiger partial charge in [-0.15, -0.1) is 11.6 Å². The quantitative estimate of drug-likeness (QED) is 0.659. The second-order valence-corrected chi connectivity index (χ2v) is 3.79. The molecular weight excluding hydrogens is 259 g/mol. The van der Waals surface area contributed by atoms with Crippen molar-refractivity contribution in [2.75, 3.05) is 18.5 Å². The Balaban J connectivity index is 0.000000443. The smallest absolute Gasteiger partial charge is 0.0146 e. The van der Waals surface area contributed by atoms with Gasteiger partial charge in [0.05, 0.1) is 0 Å². The first-order valence-electron chi connectivity index (χ1n) is 5.49. The molecule has 81 valence electrons. The minimum atomic E-state index is 0. The first-order chi connectivity index (χ1) is 6.79. The van der Waals surface area contributed by atoms with Crippen LogP contribution in [0.1, 0.15) is 32.3 Å². The van der Waals surface area contributed by atoms with Gasteiger partial charge in [-0.3, -0.25) is 0 Å². The van der Waals surface area contributed by atoms with Gasteiger partial charge in [-0.25, -0.2) is 0 Å². The molecule has 1 aromatic carbocycles. The molecule has 0 aromatic heterocycles. The Hall–Kier alpha value is 0.124. The fourth-order valence-corrected chi connectivity index (χ4v) is 1.66. The Morgan fingerprint density at radius 1 is 1.40 bits per heavy atom. The summed E-state index contributed by atoms with van der Waals surface area (Å²) in [7, 11) is 2.15. The van der Waals surface area contributed by atoms with Crippen molar-refractivity contribution in [2.24, 2.45) is 0 Å². The zero-order valence-electron chi connectivity index (χ0n) is 10.1. The van der Waals surface area contributed by atoms with Gasteiger partial charge >= 0.3 is 0 Å². The Morgan fingerprint density at radius 3 is 2.67 bits per heavy atom. The SMILES string of the molecule is CCC.CN1CCCc2c[c-]ccc21.[Y]. The van der Waals surface area contributed by atoms with E-state index in [9.17, 15) is 0 Å². The molecule has 1 nitrogen and oxygen atoms in total. The predicted molar refractivity (Wildman–Crippen MR) is 62.8 cm³/mol. The molecule has 0 spiro atoms. The van der Waals surface area contributed by atoms with Crippen molar-refractivity contribution in [1.82, 2.24) is 0 Å². The van der Waals surface area contributed by atoms with Gasteiger partial charge in [-0.05, 0) is 6.42 Å². The molecule has 1 aliphatic rings. The van der Waals surface area contributed by atoms with Gasteiger partial charge in [0, 0.05) is 46.3 Å². The maximum Gasteiger partial charge on any atom is 0.0146 e. The summed E-state index contributed by atoms with van der Waals surface area (Å²) in [6.45, 7) is 5.44. The molecule has 15 heavy (non-hydrogen) atoms. The van der Waals surface area contributed by atoms with Crippen LogP contribution in [0.5, 0.6) is 0 Å². The predicted octanol–water partition coefficient (Wildman–Crippen LogP) is 3.28. The van der Waals surface area contributed by atoms with E-state index in [1.54, 1.807) is 0 Å². The summed E-state index contributed by atoms with van der Waals surface area (Å²) in [6.07, 6.45) is 3.75. The number of fused-ring (bicyclic) bond motifs is 1. The monoisotopic (exact) mass is 279 g/mol. The minimum absolute atomic E-state index is 0. The Bertz CT molecular complexity index is 273. The van der Waals surface area contributed by atoms with Gasteiger partial charge in [-0.1, -0.05) is 32.4 Å². The summed E-state index contributed by atoms with van der Waals surface area (Å²) in [4.78, 5) is 2.31. The standard InChI is InChI=1S/C10H12N.C3H8.Y/c1-11-8-4-6-9-5-2-3-7-10(9)11;1-3-2;/h3,5,7H,4,6,8H2,1H3;3H2,1-2H3;/q-1;;. The van der Waals surface area contributed by atoms with Gasteiger partial charge in [0.15, 0.2) is 0 Å². The molecule has 0 unspecified atom stereocenters. The number of hydrogen-bond acceptors (Lipinski definition) is 1. The summed E-state index contributed by atoms with van der Waals surface area (Å²) in [5.41, 5.74) is 2.83. The number of hydrogen-bond donors (Lipinski definition) is 0. The number of nitrogens with zero attached hydrogens (tertiary/aromatic N) is 1. The van der Waals surface area contributed by atoms with E-state index in [1.165, 1.54) is 37.1 Å². The fraction of sp³-hybridized carbons (Fsp3) is 0.538. The number of benzene rings is 1. The van der Waals surface area contributed by atoms with Crippen molar-refractivity contribution in [3.63, 3.8) is 0 Å². The average Bonchev–Trinajstić information content (AvgIpc) is 2.20. The summed E-state index contributed by atoms with van der Waals surface area (Å²) in [5.74, 6) is 0. The van der Waals surface area contributed by atoms with Crippen LogP contribution in [0.3, 0.4) is 0 Å². The van der Waals surface area contributed by atoms with Gasteiger partial charge in [0.2, 0.25) is 0 Å². The molecule has 0 bridgehead atoms. The number of aryl methyl sites for hydroxylation is 1. The third kappa shape index (κ3) is 4.65. The zero-order chi connectivity index (χ0) is 10.4. The van der Waals surface area contributed by atoms with E-state index < -0.39 is 0 Å². The van der Waals surface area contributed by atoms with Crippen LogP contribution in [0.25, 0.3) is 0 Å². The molecule has 0 fully saturated rings. The van der Waals surface area contributed by atoms with E-state index in [4.69, 9.17) is 0 Å². The van der Waals surface area contributed by atoms with Crippen molar-refractivity contribution in [2.45, 2.75) is 33.1 Å². The van der Waals surface area contributed by atoms with E-state index in [0.29, 0.717) is 0 Å². The van der Waals surface area contributed by atoms with E-state index in [-0.39, 0.29) is 32.7 Å². The molecular formula is C13H20NY-. The molecule has 0 aliphatic carbocycles. The molecule has 1 aliphatic heterocycles. The number of anilines is 1. The van der Waals surface area contributed by atoms with Crippen molar-refractivity contribution in [3.8, 4) is 0 Å². The van der Waals surface area contributed by atoms with Crippen LogP contribution in [-0.2, 0) is 39.1 Å². The van der Waals surface area contributed by atoms with Crippen LogP contribution in [0.2, 0.25) is 0 Å². The van der Waals surface area contributed by atoms with E-state index >= 15 is 0 Å². The molecule has 1 radical (unpaired) electrons. The second-order valence-electron chi connectivity index (χ2n) is 3.79. The zero-order valence-corrected chi connectivity index (χ0v) is 12.9. The summed E-state index contributed by atoms with van der Waals surface area (Å²) >= 11 is 0. The summed E-state index contributed by atoms with van der Waals surface area (Å²) in [6, 6.07) is 9.35. The van der Waals surface area contributed by atoms with Crippen molar-refractivity contribution >= 4 is 5.69 Å². The van der Waals surface area contributed by atoms with Crippen LogP contribution < -0.4 is 4.90 Å². The van der Waals surface area contributed by atoms with Crippen LogP contribution in [-0.4, -0.2) is 13.6 Å². The van der Waals surface area contributed by atoms with E-state index in [1.807, 2.05) is 6.07 Å². The first kappa shape index (κ1) is 15.1. The largest absolute Gasteiger partial charge is 0.396 e. The van der Waals surface area contributed by atoms with E-state index in [2.05, 4.69) is 44.0 Å². The van der Waals surface area contributed by atoms with Gasteiger partial charge in [0.1, 0.15) is 0 Å². The van der Waals surface area contributed by atoms with Crippen LogP contribution >= 0.6 is 0 Å².